The highest BCUT2D eigenvalue weighted by atomic mass is 32.1. The van der Waals surface area contributed by atoms with Crippen molar-refractivity contribution in [3.63, 3.8) is 0 Å². The maximum absolute atomic E-state index is 4.31. The first kappa shape index (κ1) is 29.4. The van der Waals surface area contributed by atoms with Gasteiger partial charge >= 0.3 is 0 Å². The minimum absolute atomic E-state index is 0.221. The number of thiazole rings is 1. The Balaban J connectivity index is 0.000000290. The molecule has 4 rings (SSSR count). The predicted molar refractivity (Wildman–Crippen MR) is 153 cm³/mol. The summed E-state index contributed by atoms with van der Waals surface area (Å²) in [5.74, 6) is 0.666. The molecule has 0 amide bonds. The van der Waals surface area contributed by atoms with E-state index in [9.17, 15) is 0 Å². The van der Waals surface area contributed by atoms with Crippen LogP contribution in [-0.4, -0.2) is 18.7 Å². The van der Waals surface area contributed by atoms with Gasteiger partial charge in [-0.3, -0.25) is 0 Å². The molecule has 0 saturated heterocycles. The molecule has 0 bridgehead atoms. The van der Waals surface area contributed by atoms with Gasteiger partial charge in [0.15, 0.2) is 0 Å². The molecular formula is C29H44N4S. The Kier molecular flexibility index (Phi) is 12.0. The number of benzene rings is 1. The average Bonchev–Trinajstić information content (AvgIpc) is 3.56. The van der Waals surface area contributed by atoms with Crippen LogP contribution in [-0.2, 0) is 31.1 Å². The summed E-state index contributed by atoms with van der Waals surface area (Å²) in [6.07, 6.45) is 9.33. The second-order valence-electron chi connectivity index (χ2n) is 9.52. The van der Waals surface area contributed by atoms with E-state index >= 15 is 0 Å². The maximum Gasteiger partial charge on any atom is 0.122 e. The third kappa shape index (κ3) is 8.60. The number of aliphatic imine (C=N–C) groups is 1. The lowest BCUT2D eigenvalue weighted by molar-refractivity contribution is 0.585. The summed E-state index contributed by atoms with van der Waals surface area (Å²) in [6, 6.07) is 2.43. The highest BCUT2D eigenvalue weighted by Gasteiger charge is 2.24. The minimum Gasteiger partial charge on any atom is -0.392 e. The molecule has 186 valence electrons. The zero-order valence-electron chi connectivity index (χ0n) is 22.2. The van der Waals surface area contributed by atoms with Crippen LogP contribution in [0.25, 0.3) is 0 Å². The van der Waals surface area contributed by atoms with Gasteiger partial charge < -0.3 is 10.6 Å². The standard InChI is InChI=1S/C15H18N2.C8H13NS.C4H9N.C2H4/c1-10(16-2)17-15-13-7-3-5-11(13)9-12-6-4-8-14(12)15;1-6-5-9-7(10-6)8(2,3)4;1-4(2)5-3;1-2/h9,17H,1-8H2;5H,1-4H3;5H,1H2,2-3H3;1-2H2. The summed E-state index contributed by atoms with van der Waals surface area (Å²) in [6.45, 7) is 27.5. The third-order valence-corrected chi connectivity index (χ3v) is 6.96. The molecular weight excluding hydrogens is 436 g/mol. The number of anilines is 1. The van der Waals surface area contributed by atoms with Crippen molar-refractivity contribution in [2.45, 2.75) is 78.6 Å². The van der Waals surface area contributed by atoms with Crippen molar-refractivity contribution in [2.24, 2.45) is 4.99 Å². The van der Waals surface area contributed by atoms with Crippen molar-refractivity contribution in [1.82, 2.24) is 10.3 Å². The molecule has 0 atom stereocenters. The largest absolute Gasteiger partial charge is 0.392 e. The predicted octanol–water partition coefficient (Wildman–Crippen LogP) is 7.54. The number of aryl methyl sites for hydroxylation is 3. The van der Waals surface area contributed by atoms with Crippen molar-refractivity contribution in [3.05, 3.63) is 82.2 Å². The molecule has 5 heteroatoms. The van der Waals surface area contributed by atoms with Gasteiger partial charge in [0.1, 0.15) is 5.82 Å². The number of allylic oxidation sites excluding steroid dienone is 1. The Morgan fingerprint density at radius 2 is 1.53 bits per heavy atom. The molecule has 2 aliphatic carbocycles. The van der Waals surface area contributed by atoms with Crippen LogP contribution in [0.5, 0.6) is 0 Å². The lowest BCUT2D eigenvalue weighted by Gasteiger charge is -2.16. The Hall–Kier alpha value is -2.66. The van der Waals surface area contributed by atoms with E-state index in [0.29, 0.717) is 5.82 Å². The maximum atomic E-state index is 4.31. The number of nitrogens with zero attached hydrogens (tertiary/aromatic N) is 2. The van der Waals surface area contributed by atoms with E-state index in [2.05, 4.69) is 87.4 Å². The number of hydrogen-bond acceptors (Lipinski definition) is 5. The zero-order chi connectivity index (χ0) is 25.9. The van der Waals surface area contributed by atoms with Gasteiger partial charge in [-0.15, -0.1) is 24.5 Å². The van der Waals surface area contributed by atoms with Crippen LogP contribution >= 0.6 is 11.3 Å². The van der Waals surface area contributed by atoms with Crippen LogP contribution in [0, 0.1) is 6.92 Å². The molecule has 0 fully saturated rings. The second-order valence-corrected chi connectivity index (χ2v) is 10.8. The summed E-state index contributed by atoms with van der Waals surface area (Å²) in [5, 5.41) is 7.43. The molecule has 1 heterocycles. The molecule has 0 unspecified atom stereocenters. The highest BCUT2D eigenvalue weighted by Crippen LogP contribution is 2.39. The van der Waals surface area contributed by atoms with Crippen LogP contribution < -0.4 is 10.6 Å². The summed E-state index contributed by atoms with van der Waals surface area (Å²) >= 11 is 1.78. The first-order valence-electron chi connectivity index (χ1n) is 11.9. The van der Waals surface area contributed by atoms with Gasteiger partial charge in [-0.1, -0.05) is 40.0 Å². The smallest absolute Gasteiger partial charge is 0.122 e. The van der Waals surface area contributed by atoms with E-state index in [4.69, 9.17) is 0 Å². The average molecular weight is 481 g/mol. The monoisotopic (exact) mass is 480 g/mol. The molecule has 2 aromatic rings. The molecule has 34 heavy (non-hydrogen) atoms. The lowest BCUT2D eigenvalue weighted by Crippen LogP contribution is -2.09. The normalized spacial score (nSPS) is 12.9. The summed E-state index contributed by atoms with van der Waals surface area (Å²) in [4.78, 5) is 9.48. The number of rotatable bonds is 4. The SMILES string of the molecule is C=C.C=C(C)NC.C=NC(=C)Nc1c2c(cc3c1CCC3)CCC2.Cc1cnc(C(C)(C)C)s1. The van der Waals surface area contributed by atoms with Gasteiger partial charge in [-0.05, 0) is 87.0 Å². The minimum atomic E-state index is 0.221. The molecule has 0 spiro atoms. The molecule has 0 saturated carbocycles. The Labute approximate surface area is 212 Å². The van der Waals surface area contributed by atoms with Gasteiger partial charge in [-0.2, -0.15) is 0 Å². The lowest BCUT2D eigenvalue weighted by atomic mass is 9.98. The Morgan fingerprint density at radius 3 is 1.85 bits per heavy atom. The fourth-order valence-corrected chi connectivity index (χ4v) is 4.67. The van der Waals surface area contributed by atoms with E-state index in [0.717, 1.165) is 5.70 Å². The highest BCUT2D eigenvalue weighted by molar-refractivity contribution is 7.11. The van der Waals surface area contributed by atoms with Crippen LogP contribution in [0.3, 0.4) is 0 Å². The van der Waals surface area contributed by atoms with Crippen molar-refractivity contribution < 1.29 is 0 Å². The summed E-state index contributed by atoms with van der Waals surface area (Å²) in [5.41, 5.74) is 8.58. The topological polar surface area (TPSA) is 49.3 Å². The van der Waals surface area contributed by atoms with Crippen molar-refractivity contribution in [2.75, 3.05) is 12.4 Å². The number of fused-ring (bicyclic) bond motifs is 2. The van der Waals surface area contributed by atoms with E-state index in [1.54, 1.807) is 11.3 Å². The van der Waals surface area contributed by atoms with Gasteiger partial charge in [-0.25, -0.2) is 9.98 Å². The van der Waals surface area contributed by atoms with Gasteiger partial charge in [0, 0.05) is 29.2 Å². The van der Waals surface area contributed by atoms with E-state index in [1.165, 1.54) is 76.4 Å². The van der Waals surface area contributed by atoms with E-state index in [-0.39, 0.29) is 5.41 Å². The first-order chi connectivity index (χ1) is 16.1. The zero-order valence-corrected chi connectivity index (χ0v) is 23.1. The van der Waals surface area contributed by atoms with Crippen molar-refractivity contribution >= 4 is 23.7 Å². The van der Waals surface area contributed by atoms with Crippen molar-refractivity contribution in [3.8, 4) is 0 Å². The van der Waals surface area contributed by atoms with E-state index < -0.39 is 0 Å². The summed E-state index contributed by atoms with van der Waals surface area (Å²) < 4.78 is 0. The van der Waals surface area contributed by atoms with Crippen LogP contribution in [0.2, 0.25) is 0 Å². The molecule has 1 aromatic carbocycles. The molecule has 0 radical (unpaired) electrons. The summed E-state index contributed by atoms with van der Waals surface area (Å²) in [7, 11) is 1.85. The third-order valence-electron chi connectivity index (χ3n) is 5.62. The fourth-order valence-electron chi connectivity index (χ4n) is 3.85. The molecule has 4 nitrogen and oxygen atoms in total. The first-order valence-corrected chi connectivity index (χ1v) is 12.7. The number of hydrogen-bond donors (Lipinski definition) is 2. The Bertz CT molecular complexity index is 946. The molecule has 0 aliphatic heterocycles. The van der Waals surface area contributed by atoms with Crippen LogP contribution in [0.15, 0.2) is 55.1 Å². The fraction of sp³-hybridized carbons (Fsp3) is 0.448. The molecule has 2 N–H and O–H groups in total. The van der Waals surface area contributed by atoms with Gasteiger partial charge in [0.2, 0.25) is 0 Å². The van der Waals surface area contributed by atoms with Crippen LogP contribution in [0.1, 0.15) is 72.7 Å². The molecule has 1 aromatic heterocycles. The van der Waals surface area contributed by atoms with Gasteiger partial charge in [0.25, 0.3) is 0 Å². The quantitative estimate of drug-likeness (QED) is 0.351. The van der Waals surface area contributed by atoms with E-state index in [1.807, 2.05) is 20.2 Å². The Morgan fingerprint density at radius 1 is 1.03 bits per heavy atom. The van der Waals surface area contributed by atoms with Crippen LogP contribution in [0.4, 0.5) is 5.69 Å². The second kappa shape index (κ2) is 13.9. The van der Waals surface area contributed by atoms with Gasteiger partial charge in [0.05, 0.1) is 5.01 Å². The molecule has 2 aliphatic rings. The van der Waals surface area contributed by atoms with Crippen molar-refractivity contribution in [1.29, 1.82) is 0 Å². The number of aromatic nitrogens is 1. The number of nitrogens with one attached hydrogen (secondary N) is 2.